The second-order valence-electron chi connectivity index (χ2n) is 8.03. The number of carbonyl (C=O) groups excluding carboxylic acids is 2. The predicted molar refractivity (Wildman–Crippen MR) is 119 cm³/mol. The van der Waals surface area contributed by atoms with Gasteiger partial charge in [-0.25, -0.2) is 22.8 Å². The number of rotatable bonds is 6. The molecule has 180 valence electrons. The molecule has 0 aromatic heterocycles. The Balaban J connectivity index is 1.58. The third-order valence-corrected chi connectivity index (χ3v) is 5.87. The number of nitrogens with zero attached hydrogens (tertiary/aromatic N) is 2. The van der Waals surface area contributed by atoms with E-state index in [0.29, 0.717) is 37.6 Å². The number of esters is 1. The molecule has 2 N–H and O–H groups in total. The van der Waals surface area contributed by atoms with Gasteiger partial charge < -0.3 is 20.3 Å². The fourth-order valence-electron chi connectivity index (χ4n) is 4.21. The number of halogens is 3. The molecule has 34 heavy (non-hydrogen) atoms. The van der Waals surface area contributed by atoms with Crippen LogP contribution in [0.2, 0.25) is 0 Å². The van der Waals surface area contributed by atoms with Gasteiger partial charge in [0, 0.05) is 38.4 Å². The number of ether oxygens (including phenoxy) is 1. The summed E-state index contributed by atoms with van der Waals surface area (Å²) in [4.78, 5) is 29.2. The number of amides is 2. The van der Waals surface area contributed by atoms with Crippen LogP contribution in [0.3, 0.4) is 0 Å². The minimum Gasteiger partial charge on any atom is -0.463 e. The Morgan fingerprint density at radius 3 is 2.44 bits per heavy atom. The van der Waals surface area contributed by atoms with E-state index in [1.54, 1.807) is 25.1 Å². The Morgan fingerprint density at radius 2 is 1.76 bits per heavy atom. The van der Waals surface area contributed by atoms with Crippen LogP contribution in [0.15, 0.2) is 53.7 Å². The zero-order valence-electron chi connectivity index (χ0n) is 18.6. The molecule has 7 nitrogen and oxygen atoms in total. The lowest BCUT2D eigenvalue weighted by molar-refractivity contribution is -0.139. The van der Waals surface area contributed by atoms with Crippen LogP contribution in [0.5, 0.6) is 0 Å². The van der Waals surface area contributed by atoms with Gasteiger partial charge in [0.2, 0.25) is 0 Å². The van der Waals surface area contributed by atoms with E-state index in [0.717, 1.165) is 12.1 Å². The fraction of sp³-hybridized carbons (Fsp3) is 0.333. The molecule has 4 rings (SSSR count). The Kier molecular flexibility index (Phi) is 7.06. The van der Waals surface area contributed by atoms with Crippen LogP contribution < -0.4 is 15.5 Å². The van der Waals surface area contributed by atoms with E-state index in [2.05, 4.69) is 10.6 Å². The molecule has 1 saturated heterocycles. The molecule has 2 aromatic rings. The van der Waals surface area contributed by atoms with Gasteiger partial charge in [-0.3, -0.25) is 4.90 Å². The first kappa shape index (κ1) is 23.6. The number of benzene rings is 2. The summed E-state index contributed by atoms with van der Waals surface area (Å²) < 4.78 is 46.7. The van der Waals surface area contributed by atoms with Crippen LogP contribution in [0.4, 0.5) is 23.7 Å². The third-order valence-electron chi connectivity index (χ3n) is 5.87. The number of nitrogens with one attached hydrogen (secondary N) is 2. The average molecular weight is 474 g/mol. The van der Waals surface area contributed by atoms with Gasteiger partial charge in [-0.2, -0.15) is 0 Å². The summed E-state index contributed by atoms with van der Waals surface area (Å²) >= 11 is 0. The van der Waals surface area contributed by atoms with Crippen molar-refractivity contribution in [2.24, 2.45) is 0 Å². The molecule has 2 aliphatic heterocycles. The van der Waals surface area contributed by atoms with E-state index in [4.69, 9.17) is 4.74 Å². The van der Waals surface area contributed by atoms with E-state index in [-0.39, 0.29) is 30.1 Å². The van der Waals surface area contributed by atoms with Crippen LogP contribution in [-0.2, 0) is 9.53 Å². The van der Waals surface area contributed by atoms with Crippen LogP contribution in [-0.4, -0.2) is 56.2 Å². The second kappa shape index (κ2) is 10.2. The van der Waals surface area contributed by atoms with Crippen molar-refractivity contribution in [1.29, 1.82) is 0 Å². The zero-order valence-corrected chi connectivity index (χ0v) is 18.6. The fourth-order valence-corrected chi connectivity index (χ4v) is 4.21. The molecule has 0 radical (unpaired) electrons. The molecule has 2 aromatic carbocycles. The number of hydrogen-bond acceptors (Lipinski definition) is 5. The molecule has 0 bridgehead atoms. The molecular formula is C24H25F3N4O3. The molecule has 10 heteroatoms. The van der Waals surface area contributed by atoms with Gasteiger partial charge in [-0.05, 0) is 36.8 Å². The lowest BCUT2D eigenvalue weighted by Crippen LogP contribution is -2.52. The largest absolute Gasteiger partial charge is 0.463 e. The number of para-hydroxylation sites is 1. The van der Waals surface area contributed by atoms with Crippen molar-refractivity contribution < 1.29 is 27.5 Å². The normalized spacial score (nSPS) is 19.0. The minimum absolute atomic E-state index is 0.107. The Morgan fingerprint density at radius 1 is 1.03 bits per heavy atom. The molecule has 0 spiro atoms. The van der Waals surface area contributed by atoms with Crippen molar-refractivity contribution in [3.63, 3.8) is 0 Å². The number of urea groups is 1. The van der Waals surface area contributed by atoms with E-state index in [1.165, 1.54) is 12.1 Å². The second-order valence-corrected chi connectivity index (χ2v) is 8.03. The summed E-state index contributed by atoms with van der Waals surface area (Å²) in [7, 11) is 0. The highest BCUT2D eigenvalue weighted by Crippen LogP contribution is 2.29. The van der Waals surface area contributed by atoms with Crippen LogP contribution >= 0.6 is 0 Å². The van der Waals surface area contributed by atoms with Gasteiger partial charge in [0.05, 0.1) is 23.9 Å². The minimum atomic E-state index is -1.08. The number of anilines is 1. The van der Waals surface area contributed by atoms with Gasteiger partial charge in [0.15, 0.2) is 11.6 Å². The molecule has 0 unspecified atom stereocenters. The monoisotopic (exact) mass is 474 g/mol. The van der Waals surface area contributed by atoms with Crippen LogP contribution in [0.25, 0.3) is 0 Å². The highest BCUT2D eigenvalue weighted by atomic mass is 19.2. The highest BCUT2D eigenvalue weighted by molar-refractivity contribution is 5.95. The molecule has 2 amide bonds. The quantitative estimate of drug-likeness (QED) is 0.630. The number of hydrogen-bond donors (Lipinski definition) is 2. The zero-order chi connectivity index (χ0) is 24.2. The standard InChI is InChI=1S/C24H25F3N4O3/c1-2-34-23(32)21-19(28-24(33)29-22(21)15-7-8-16(25)18(27)13-15)14-30-9-11-31(12-10-30)20-6-4-3-5-17(20)26/h3-8,13,22H,2,9-12,14H2,1H3,(H2,28,29,33)/t22-/m1/s1. The molecule has 2 heterocycles. The Hall–Kier alpha value is -3.53. The maximum Gasteiger partial charge on any atom is 0.338 e. The third kappa shape index (κ3) is 5.01. The molecule has 0 saturated carbocycles. The van der Waals surface area contributed by atoms with Crippen molar-refractivity contribution >= 4 is 17.7 Å². The summed E-state index contributed by atoms with van der Waals surface area (Å²) in [5.41, 5.74) is 1.21. The summed E-state index contributed by atoms with van der Waals surface area (Å²) in [6.07, 6.45) is 0. The van der Waals surface area contributed by atoms with Crippen molar-refractivity contribution in [1.82, 2.24) is 15.5 Å². The van der Waals surface area contributed by atoms with Gasteiger partial charge in [0.1, 0.15) is 5.82 Å². The maximum atomic E-state index is 14.1. The van der Waals surface area contributed by atoms with Gasteiger partial charge in [-0.1, -0.05) is 18.2 Å². The van der Waals surface area contributed by atoms with E-state index >= 15 is 0 Å². The Bertz CT molecular complexity index is 1120. The van der Waals surface area contributed by atoms with Gasteiger partial charge in [0.25, 0.3) is 0 Å². The number of piperazine rings is 1. The van der Waals surface area contributed by atoms with Crippen LogP contribution in [0, 0.1) is 17.5 Å². The summed E-state index contributed by atoms with van der Waals surface area (Å²) in [5.74, 6) is -3.06. The summed E-state index contributed by atoms with van der Waals surface area (Å²) in [6, 6.07) is 8.22. The first-order valence-corrected chi connectivity index (χ1v) is 11.0. The van der Waals surface area contributed by atoms with Crippen LogP contribution in [0.1, 0.15) is 18.5 Å². The smallest absolute Gasteiger partial charge is 0.338 e. The topological polar surface area (TPSA) is 73.9 Å². The van der Waals surface area contributed by atoms with E-state index < -0.39 is 29.7 Å². The molecule has 1 atom stereocenters. The average Bonchev–Trinajstić information content (AvgIpc) is 2.81. The first-order valence-electron chi connectivity index (χ1n) is 11.0. The highest BCUT2D eigenvalue weighted by Gasteiger charge is 2.35. The van der Waals surface area contributed by atoms with Crippen molar-refractivity contribution in [2.75, 3.05) is 44.2 Å². The van der Waals surface area contributed by atoms with Crippen molar-refractivity contribution in [3.8, 4) is 0 Å². The summed E-state index contributed by atoms with van der Waals surface area (Å²) in [6.45, 7) is 4.23. The van der Waals surface area contributed by atoms with Crippen molar-refractivity contribution in [2.45, 2.75) is 13.0 Å². The van der Waals surface area contributed by atoms with Crippen molar-refractivity contribution in [3.05, 3.63) is 76.7 Å². The Labute approximate surface area is 195 Å². The molecule has 2 aliphatic rings. The lowest BCUT2D eigenvalue weighted by Gasteiger charge is -2.38. The van der Waals surface area contributed by atoms with Gasteiger partial charge >= 0.3 is 12.0 Å². The SMILES string of the molecule is CCOC(=O)C1=C(CN2CCN(c3ccccc3F)CC2)NC(=O)N[C@@H]1c1ccc(F)c(F)c1. The first-order chi connectivity index (χ1) is 16.4. The van der Waals surface area contributed by atoms with E-state index in [1.807, 2.05) is 9.80 Å². The van der Waals surface area contributed by atoms with Gasteiger partial charge in [-0.15, -0.1) is 0 Å². The predicted octanol–water partition coefficient (Wildman–Crippen LogP) is 3.10. The molecular weight excluding hydrogens is 449 g/mol. The summed E-state index contributed by atoms with van der Waals surface area (Å²) in [5, 5.41) is 5.28. The number of carbonyl (C=O) groups is 2. The molecule has 1 fully saturated rings. The maximum absolute atomic E-state index is 14.1. The van der Waals surface area contributed by atoms with E-state index in [9.17, 15) is 22.8 Å². The lowest BCUT2D eigenvalue weighted by atomic mass is 9.94. The molecule has 0 aliphatic carbocycles.